The van der Waals surface area contributed by atoms with Crippen molar-refractivity contribution in [2.45, 2.75) is 45.4 Å². The van der Waals surface area contributed by atoms with Crippen LogP contribution in [0.2, 0.25) is 0 Å². The first kappa shape index (κ1) is 14.8. The molecule has 4 rings (SSSR count). The summed E-state index contributed by atoms with van der Waals surface area (Å²) in [6.07, 6.45) is 2.29. The number of nitrogens with zero attached hydrogens (tertiary/aromatic N) is 5. The molecule has 0 aromatic carbocycles. The maximum absolute atomic E-state index is 12.8. The van der Waals surface area contributed by atoms with Gasteiger partial charge in [0.25, 0.3) is 0 Å². The van der Waals surface area contributed by atoms with Crippen LogP contribution in [0.15, 0.2) is 17.5 Å². The Morgan fingerprint density at radius 3 is 3.00 bits per heavy atom. The minimum absolute atomic E-state index is 0.241. The Labute approximate surface area is 139 Å². The van der Waals surface area contributed by atoms with Crippen LogP contribution in [-0.2, 0) is 24.4 Å². The van der Waals surface area contributed by atoms with Gasteiger partial charge >= 0.3 is 0 Å². The molecule has 23 heavy (non-hydrogen) atoms. The molecule has 7 heteroatoms. The Morgan fingerprint density at radius 1 is 1.39 bits per heavy atom. The molecule has 2 aromatic heterocycles. The molecule has 1 aliphatic heterocycles. The van der Waals surface area contributed by atoms with Gasteiger partial charge in [0.2, 0.25) is 5.91 Å². The maximum Gasteiger partial charge on any atom is 0.237 e. The van der Waals surface area contributed by atoms with E-state index in [0.29, 0.717) is 19.1 Å². The van der Waals surface area contributed by atoms with E-state index in [9.17, 15) is 4.79 Å². The van der Waals surface area contributed by atoms with Crippen LogP contribution in [-0.4, -0.2) is 49.6 Å². The molecule has 1 amide bonds. The van der Waals surface area contributed by atoms with Crippen LogP contribution in [0.4, 0.5) is 0 Å². The molecule has 1 fully saturated rings. The van der Waals surface area contributed by atoms with Crippen molar-refractivity contribution in [1.29, 1.82) is 0 Å². The summed E-state index contributed by atoms with van der Waals surface area (Å²) in [6.45, 7) is 5.68. The van der Waals surface area contributed by atoms with Gasteiger partial charge in [-0.1, -0.05) is 6.07 Å². The van der Waals surface area contributed by atoms with E-state index in [1.54, 1.807) is 11.3 Å². The van der Waals surface area contributed by atoms with Crippen molar-refractivity contribution in [1.82, 2.24) is 24.6 Å². The molecule has 6 nitrogen and oxygen atoms in total. The third-order valence-electron chi connectivity index (χ3n) is 4.59. The lowest BCUT2D eigenvalue weighted by molar-refractivity contribution is -0.134. The fourth-order valence-electron chi connectivity index (χ4n) is 3.15. The van der Waals surface area contributed by atoms with Crippen molar-refractivity contribution in [2.24, 2.45) is 0 Å². The number of hydrogen-bond donors (Lipinski definition) is 0. The van der Waals surface area contributed by atoms with Gasteiger partial charge in [0, 0.05) is 24.0 Å². The largest absolute Gasteiger partial charge is 0.333 e. The zero-order valence-electron chi connectivity index (χ0n) is 13.3. The summed E-state index contributed by atoms with van der Waals surface area (Å²) >= 11 is 1.72. The summed E-state index contributed by atoms with van der Waals surface area (Å²) < 4.78 is 2.14. The lowest BCUT2D eigenvalue weighted by Crippen LogP contribution is -2.43. The number of thiophene rings is 1. The van der Waals surface area contributed by atoms with Crippen molar-refractivity contribution in [3.05, 3.63) is 34.0 Å². The molecule has 0 N–H and O–H groups in total. The fourth-order valence-corrected chi connectivity index (χ4v) is 3.85. The van der Waals surface area contributed by atoms with E-state index in [-0.39, 0.29) is 5.91 Å². The number of aryl methyl sites for hydroxylation is 1. The second-order valence-corrected chi connectivity index (χ2v) is 7.39. The molecule has 1 saturated carbocycles. The molecular formula is C16H21N5OS. The minimum Gasteiger partial charge on any atom is -0.333 e. The zero-order valence-corrected chi connectivity index (χ0v) is 14.1. The van der Waals surface area contributed by atoms with Gasteiger partial charge in [-0.15, -0.1) is 21.5 Å². The predicted octanol–water partition coefficient (Wildman–Crippen LogP) is 1.65. The summed E-state index contributed by atoms with van der Waals surface area (Å²) in [4.78, 5) is 18.3. The highest BCUT2D eigenvalue weighted by Crippen LogP contribution is 2.29. The maximum atomic E-state index is 12.8. The number of fused-ring (bicyclic) bond motifs is 1. The third-order valence-corrected chi connectivity index (χ3v) is 5.45. The Hall–Kier alpha value is -1.73. The molecule has 2 aliphatic rings. The Kier molecular flexibility index (Phi) is 3.90. The molecule has 1 aliphatic carbocycles. The van der Waals surface area contributed by atoms with Crippen molar-refractivity contribution < 1.29 is 4.79 Å². The molecule has 0 unspecified atom stereocenters. The van der Waals surface area contributed by atoms with E-state index in [4.69, 9.17) is 0 Å². The molecular weight excluding hydrogens is 310 g/mol. The Balaban J connectivity index is 1.40. The molecule has 0 atom stereocenters. The van der Waals surface area contributed by atoms with Gasteiger partial charge in [0.05, 0.1) is 19.6 Å². The van der Waals surface area contributed by atoms with Gasteiger partial charge in [0.15, 0.2) is 0 Å². The van der Waals surface area contributed by atoms with Crippen molar-refractivity contribution in [3.8, 4) is 0 Å². The van der Waals surface area contributed by atoms with Gasteiger partial charge in [0.1, 0.15) is 11.6 Å². The molecule has 2 aromatic rings. The highest BCUT2D eigenvalue weighted by Gasteiger charge is 2.33. The van der Waals surface area contributed by atoms with Crippen LogP contribution in [0.25, 0.3) is 0 Å². The number of amides is 1. The first-order valence-electron chi connectivity index (χ1n) is 8.13. The van der Waals surface area contributed by atoms with Crippen LogP contribution in [0, 0.1) is 6.92 Å². The third kappa shape index (κ3) is 3.16. The van der Waals surface area contributed by atoms with E-state index in [1.807, 2.05) is 6.92 Å². The molecule has 0 bridgehead atoms. The number of rotatable bonds is 5. The van der Waals surface area contributed by atoms with Crippen LogP contribution in [0.5, 0.6) is 0 Å². The SMILES string of the molecule is Cc1nnc2n1CCN(CC(=O)N(Cc1cccs1)C1CC1)C2. The molecule has 3 heterocycles. The van der Waals surface area contributed by atoms with Gasteiger partial charge in [-0.25, -0.2) is 0 Å². The van der Waals surface area contributed by atoms with Crippen LogP contribution < -0.4 is 0 Å². The summed E-state index contributed by atoms with van der Waals surface area (Å²) in [6, 6.07) is 4.61. The topological polar surface area (TPSA) is 54.3 Å². The molecule has 0 spiro atoms. The highest BCUT2D eigenvalue weighted by molar-refractivity contribution is 7.09. The number of hydrogen-bond acceptors (Lipinski definition) is 5. The normalized spacial score (nSPS) is 18.0. The van der Waals surface area contributed by atoms with Gasteiger partial charge in [-0.2, -0.15) is 0 Å². The first-order valence-corrected chi connectivity index (χ1v) is 9.01. The molecule has 0 saturated heterocycles. The summed E-state index contributed by atoms with van der Waals surface area (Å²) in [5.74, 6) is 2.17. The predicted molar refractivity (Wildman–Crippen MR) is 87.9 cm³/mol. The summed E-state index contributed by atoms with van der Waals surface area (Å²) in [5.41, 5.74) is 0. The van der Waals surface area contributed by atoms with E-state index in [0.717, 1.165) is 44.1 Å². The molecule has 0 radical (unpaired) electrons. The van der Waals surface area contributed by atoms with E-state index in [1.165, 1.54) is 4.88 Å². The smallest absolute Gasteiger partial charge is 0.237 e. The van der Waals surface area contributed by atoms with Crippen molar-refractivity contribution in [2.75, 3.05) is 13.1 Å². The Bertz CT molecular complexity index is 691. The van der Waals surface area contributed by atoms with Crippen LogP contribution in [0.3, 0.4) is 0 Å². The van der Waals surface area contributed by atoms with E-state index < -0.39 is 0 Å². The van der Waals surface area contributed by atoms with E-state index in [2.05, 4.69) is 42.1 Å². The summed E-state index contributed by atoms with van der Waals surface area (Å²) in [5, 5.41) is 10.4. The van der Waals surface area contributed by atoms with Gasteiger partial charge in [-0.05, 0) is 31.2 Å². The quantitative estimate of drug-likeness (QED) is 0.836. The first-order chi connectivity index (χ1) is 11.2. The van der Waals surface area contributed by atoms with E-state index >= 15 is 0 Å². The summed E-state index contributed by atoms with van der Waals surface area (Å²) in [7, 11) is 0. The molecule has 122 valence electrons. The minimum atomic E-state index is 0.241. The Morgan fingerprint density at radius 2 is 2.26 bits per heavy atom. The average Bonchev–Trinajstić information content (AvgIpc) is 3.13. The van der Waals surface area contributed by atoms with Gasteiger partial charge in [-0.3, -0.25) is 9.69 Å². The number of carbonyl (C=O) groups is 1. The van der Waals surface area contributed by atoms with Crippen molar-refractivity contribution >= 4 is 17.2 Å². The fraction of sp³-hybridized carbons (Fsp3) is 0.562. The number of aromatic nitrogens is 3. The van der Waals surface area contributed by atoms with Crippen LogP contribution in [0.1, 0.15) is 29.4 Å². The van der Waals surface area contributed by atoms with Crippen molar-refractivity contribution in [3.63, 3.8) is 0 Å². The van der Waals surface area contributed by atoms with Crippen LogP contribution >= 0.6 is 11.3 Å². The lowest BCUT2D eigenvalue weighted by atomic mass is 10.3. The highest BCUT2D eigenvalue weighted by atomic mass is 32.1. The standard InChI is InChI=1S/C16H21N5OS/c1-12-17-18-15-10-19(6-7-20(12)15)11-16(22)21(13-4-5-13)9-14-3-2-8-23-14/h2-3,8,13H,4-7,9-11H2,1H3. The second-order valence-electron chi connectivity index (χ2n) is 6.36. The van der Waals surface area contributed by atoms with Gasteiger partial charge < -0.3 is 9.47 Å². The number of carbonyl (C=O) groups excluding carboxylic acids is 1. The average molecular weight is 331 g/mol. The lowest BCUT2D eigenvalue weighted by Gasteiger charge is -2.30. The monoisotopic (exact) mass is 331 g/mol. The second kappa shape index (κ2) is 6.05. The zero-order chi connectivity index (χ0) is 15.8.